The highest BCUT2D eigenvalue weighted by Crippen LogP contribution is 2.09. The van der Waals surface area contributed by atoms with E-state index < -0.39 is 0 Å². The van der Waals surface area contributed by atoms with Gasteiger partial charge in [0.25, 0.3) is 0 Å². The minimum Gasteiger partial charge on any atom is -0.477 e. The van der Waals surface area contributed by atoms with Gasteiger partial charge in [0, 0.05) is 6.20 Å². The first kappa shape index (κ1) is 7.55. The fourth-order valence-corrected chi connectivity index (χ4v) is 0.722. The molecule has 0 atom stereocenters. The molecule has 0 saturated heterocycles. The summed E-state index contributed by atoms with van der Waals surface area (Å²) in [6.07, 6.45) is 3.32. The van der Waals surface area contributed by atoms with Crippen molar-refractivity contribution in [3.8, 4) is 11.8 Å². The van der Waals surface area contributed by atoms with Gasteiger partial charge in [0.15, 0.2) is 6.61 Å². The van der Waals surface area contributed by atoms with Gasteiger partial charge in [-0.2, -0.15) is 5.26 Å². The lowest BCUT2D eigenvalue weighted by molar-refractivity contribution is 0.366. The molecule has 0 saturated carbocycles. The fourth-order valence-electron chi connectivity index (χ4n) is 0.722. The minimum atomic E-state index is 0.0745. The summed E-state index contributed by atoms with van der Waals surface area (Å²) >= 11 is 0. The smallest absolute Gasteiger partial charge is 0.174 e. The Morgan fingerprint density at radius 1 is 1.64 bits per heavy atom. The summed E-state index contributed by atoms with van der Waals surface area (Å²) < 4.78 is 5.01. The molecule has 0 aliphatic rings. The number of hydrogen-bond donors (Lipinski definition) is 0. The van der Waals surface area contributed by atoms with Crippen molar-refractivity contribution in [2.24, 2.45) is 0 Å². The molecule has 0 amide bonds. The second-order valence-electron chi connectivity index (χ2n) is 2.14. The van der Waals surface area contributed by atoms with Crippen LogP contribution in [0.4, 0.5) is 0 Å². The van der Waals surface area contributed by atoms with Crippen LogP contribution in [0, 0.1) is 18.3 Å². The van der Waals surface area contributed by atoms with E-state index >= 15 is 0 Å². The molecule has 56 valence electrons. The van der Waals surface area contributed by atoms with Crippen LogP contribution in [0.15, 0.2) is 18.5 Å². The number of nitriles is 1. The molecule has 0 N–H and O–H groups in total. The second kappa shape index (κ2) is 3.57. The number of aromatic nitrogens is 1. The molecule has 1 aromatic rings. The Morgan fingerprint density at radius 3 is 3.09 bits per heavy atom. The zero-order valence-electron chi connectivity index (χ0n) is 6.24. The van der Waals surface area contributed by atoms with Crippen LogP contribution in [0.25, 0.3) is 0 Å². The van der Waals surface area contributed by atoms with Crippen molar-refractivity contribution in [2.75, 3.05) is 6.61 Å². The molecule has 0 aromatic carbocycles. The Labute approximate surface area is 65.3 Å². The zero-order valence-corrected chi connectivity index (χ0v) is 6.24. The number of ether oxygens (including phenoxy) is 1. The molecular formula is C8H8N2O. The molecule has 1 aromatic heterocycles. The molecule has 0 fully saturated rings. The van der Waals surface area contributed by atoms with Gasteiger partial charge in [0.05, 0.1) is 6.20 Å². The first-order valence-corrected chi connectivity index (χ1v) is 3.24. The van der Waals surface area contributed by atoms with Crippen LogP contribution in [0.2, 0.25) is 0 Å². The van der Waals surface area contributed by atoms with Gasteiger partial charge < -0.3 is 4.74 Å². The fraction of sp³-hybridized carbons (Fsp3) is 0.250. The number of pyridine rings is 1. The maximum Gasteiger partial charge on any atom is 0.174 e. The molecule has 0 aliphatic heterocycles. The largest absolute Gasteiger partial charge is 0.477 e. The second-order valence-corrected chi connectivity index (χ2v) is 2.14. The lowest BCUT2D eigenvalue weighted by atomic mass is 10.3. The average Bonchev–Trinajstić information content (AvgIpc) is 2.01. The van der Waals surface area contributed by atoms with E-state index in [0.29, 0.717) is 5.75 Å². The normalized spacial score (nSPS) is 8.73. The van der Waals surface area contributed by atoms with Crippen molar-refractivity contribution in [3.63, 3.8) is 0 Å². The molecule has 0 aliphatic carbocycles. The summed E-state index contributed by atoms with van der Waals surface area (Å²) in [5.74, 6) is 0.645. The molecule has 0 bridgehead atoms. The first-order chi connectivity index (χ1) is 5.33. The van der Waals surface area contributed by atoms with Crippen LogP contribution >= 0.6 is 0 Å². The van der Waals surface area contributed by atoms with Crippen molar-refractivity contribution in [1.82, 2.24) is 4.98 Å². The third-order valence-corrected chi connectivity index (χ3v) is 1.15. The number of nitrogens with zero attached hydrogens (tertiary/aromatic N) is 2. The summed E-state index contributed by atoms with van der Waals surface area (Å²) in [5.41, 5.74) is 1.03. The summed E-state index contributed by atoms with van der Waals surface area (Å²) in [6.45, 7) is 2.00. The van der Waals surface area contributed by atoms with E-state index in [1.54, 1.807) is 12.4 Å². The van der Waals surface area contributed by atoms with Crippen LogP contribution < -0.4 is 4.74 Å². The van der Waals surface area contributed by atoms with E-state index in [4.69, 9.17) is 10.00 Å². The Bertz CT molecular complexity index is 278. The lowest BCUT2D eigenvalue weighted by Gasteiger charge is -1.99. The molecule has 1 heterocycles. The predicted molar refractivity (Wildman–Crippen MR) is 40.1 cm³/mol. The zero-order chi connectivity index (χ0) is 8.10. The molecule has 0 spiro atoms. The van der Waals surface area contributed by atoms with Crippen LogP contribution in [0.5, 0.6) is 5.75 Å². The maximum atomic E-state index is 8.20. The standard InChI is InChI=1S/C8H8N2O/c1-7-4-8(6-10-5-7)11-3-2-9/h4-6H,3H2,1H3. The SMILES string of the molecule is Cc1cncc(OCC#N)c1. The summed E-state index contributed by atoms with van der Waals surface area (Å²) in [5, 5.41) is 8.20. The highest BCUT2D eigenvalue weighted by atomic mass is 16.5. The Kier molecular flexibility index (Phi) is 2.45. The van der Waals surface area contributed by atoms with Gasteiger partial charge in [0.1, 0.15) is 11.8 Å². The van der Waals surface area contributed by atoms with Gasteiger partial charge in [0.2, 0.25) is 0 Å². The molecule has 1 rings (SSSR count). The molecule has 11 heavy (non-hydrogen) atoms. The van der Waals surface area contributed by atoms with Gasteiger partial charge in [-0.25, -0.2) is 0 Å². The van der Waals surface area contributed by atoms with Gasteiger partial charge in [-0.1, -0.05) is 0 Å². The number of hydrogen-bond acceptors (Lipinski definition) is 3. The van der Waals surface area contributed by atoms with Gasteiger partial charge in [-0.05, 0) is 18.6 Å². The quantitative estimate of drug-likeness (QED) is 0.634. The topological polar surface area (TPSA) is 45.9 Å². The van der Waals surface area contributed by atoms with E-state index in [1.807, 2.05) is 19.1 Å². The number of aryl methyl sites for hydroxylation is 1. The van der Waals surface area contributed by atoms with Crippen molar-refractivity contribution >= 4 is 0 Å². The van der Waals surface area contributed by atoms with Crippen LogP contribution in [0.1, 0.15) is 5.56 Å². The molecule has 3 nitrogen and oxygen atoms in total. The average molecular weight is 148 g/mol. The van der Waals surface area contributed by atoms with Gasteiger partial charge >= 0.3 is 0 Å². The maximum absolute atomic E-state index is 8.20. The van der Waals surface area contributed by atoms with E-state index in [0.717, 1.165) is 5.56 Å². The van der Waals surface area contributed by atoms with Crippen molar-refractivity contribution in [1.29, 1.82) is 5.26 Å². The Morgan fingerprint density at radius 2 is 2.45 bits per heavy atom. The number of rotatable bonds is 2. The van der Waals surface area contributed by atoms with E-state index in [1.165, 1.54) is 0 Å². The molecule has 0 radical (unpaired) electrons. The Hall–Kier alpha value is -1.56. The lowest BCUT2D eigenvalue weighted by Crippen LogP contribution is -1.93. The van der Waals surface area contributed by atoms with Gasteiger partial charge in [-0.15, -0.1) is 0 Å². The highest BCUT2D eigenvalue weighted by molar-refractivity contribution is 5.22. The van der Waals surface area contributed by atoms with Crippen molar-refractivity contribution in [2.45, 2.75) is 6.92 Å². The Balaban J connectivity index is 2.65. The van der Waals surface area contributed by atoms with Crippen molar-refractivity contribution < 1.29 is 4.74 Å². The molecule has 3 heteroatoms. The van der Waals surface area contributed by atoms with Gasteiger partial charge in [-0.3, -0.25) is 4.98 Å². The predicted octanol–water partition coefficient (Wildman–Crippen LogP) is 1.29. The minimum absolute atomic E-state index is 0.0745. The van der Waals surface area contributed by atoms with E-state index in [2.05, 4.69) is 4.98 Å². The molecule has 0 unspecified atom stereocenters. The third kappa shape index (κ3) is 2.26. The van der Waals surface area contributed by atoms with E-state index in [9.17, 15) is 0 Å². The van der Waals surface area contributed by atoms with E-state index in [-0.39, 0.29) is 6.61 Å². The van der Waals surface area contributed by atoms with Crippen LogP contribution in [0.3, 0.4) is 0 Å². The highest BCUT2D eigenvalue weighted by Gasteiger charge is 1.91. The first-order valence-electron chi connectivity index (χ1n) is 3.24. The van der Waals surface area contributed by atoms with Crippen LogP contribution in [-0.4, -0.2) is 11.6 Å². The van der Waals surface area contributed by atoms with Crippen LogP contribution in [-0.2, 0) is 0 Å². The third-order valence-electron chi connectivity index (χ3n) is 1.15. The monoisotopic (exact) mass is 148 g/mol. The summed E-state index contributed by atoms with van der Waals surface area (Å²) in [4.78, 5) is 3.90. The summed E-state index contributed by atoms with van der Waals surface area (Å²) in [6, 6.07) is 3.72. The summed E-state index contributed by atoms with van der Waals surface area (Å²) in [7, 11) is 0. The van der Waals surface area contributed by atoms with Crippen molar-refractivity contribution in [3.05, 3.63) is 24.0 Å². The molecular weight excluding hydrogens is 140 g/mol.